The predicted octanol–water partition coefficient (Wildman–Crippen LogP) is -0.0937. The zero-order valence-corrected chi connectivity index (χ0v) is 8.75. The Morgan fingerprint density at radius 2 is 2.36 bits per heavy atom. The molecular formula is C10H19N3O. The molecule has 2 atom stereocenters. The van der Waals surface area contributed by atoms with Gasteiger partial charge in [0.1, 0.15) is 0 Å². The van der Waals surface area contributed by atoms with Gasteiger partial charge in [0, 0.05) is 25.6 Å². The van der Waals surface area contributed by atoms with Crippen LogP contribution in [0.25, 0.3) is 0 Å². The standard InChI is InChI=1S/C10H19N3O/c1-8-7-13(6-4-10(14)12-8)9-3-2-5-11-9/h8-9,11H,2-7H2,1H3,(H,12,14). The quantitative estimate of drug-likeness (QED) is 0.617. The van der Waals surface area contributed by atoms with Crippen molar-refractivity contribution in [3.8, 4) is 0 Å². The van der Waals surface area contributed by atoms with Crippen LogP contribution in [0.15, 0.2) is 0 Å². The second-order valence-corrected chi connectivity index (χ2v) is 4.33. The van der Waals surface area contributed by atoms with Gasteiger partial charge in [-0.15, -0.1) is 0 Å². The lowest BCUT2D eigenvalue weighted by Crippen LogP contribution is -2.46. The fourth-order valence-corrected chi connectivity index (χ4v) is 2.34. The van der Waals surface area contributed by atoms with E-state index < -0.39 is 0 Å². The average molecular weight is 197 g/mol. The highest BCUT2D eigenvalue weighted by atomic mass is 16.1. The van der Waals surface area contributed by atoms with Crippen LogP contribution in [0.2, 0.25) is 0 Å². The minimum Gasteiger partial charge on any atom is -0.352 e. The van der Waals surface area contributed by atoms with E-state index in [4.69, 9.17) is 0 Å². The van der Waals surface area contributed by atoms with Crippen molar-refractivity contribution >= 4 is 5.91 Å². The normalized spacial score (nSPS) is 35.4. The largest absolute Gasteiger partial charge is 0.352 e. The van der Waals surface area contributed by atoms with Crippen molar-refractivity contribution < 1.29 is 4.79 Å². The number of hydrogen-bond donors (Lipinski definition) is 2. The van der Waals surface area contributed by atoms with Crippen LogP contribution >= 0.6 is 0 Å². The Kier molecular flexibility index (Phi) is 3.03. The maximum atomic E-state index is 11.3. The SMILES string of the molecule is CC1CN(C2CCCN2)CCC(=O)N1. The Morgan fingerprint density at radius 3 is 3.07 bits per heavy atom. The van der Waals surface area contributed by atoms with Crippen LogP contribution in [0.3, 0.4) is 0 Å². The van der Waals surface area contributed by atoms with E-state index in [-0.39, 0.29) is 11.9 Å². The topological polar surface area (TPSA) is 44.4 Å². The lowest BCUT2D eigenvalue weighted by molar-refractivity contribution is -0.121. The molecule has 4 nitrogen and oxygen atoms in total. The molecule has 2 heterocycles. The van der Waals surface area contributed by atoms with Gasteiger partial charge < -0.3 is 10.6 Å². The summed E-state index contributed by atoms with van der Waals surface area (Å²) in [4.78, 5) is 13.7. The maximum Gasteiger partial charge on any atom is 0.221 e. The number of nitrogens with one attached hydrogen (secondary N) is 2. The van der Waals surface area contributed by atoms with E-state index in [2.05, 4.69) is 22.5 Å². The molecule has 2 fully saturated rings. The fourth-order valence-electron chi connectivity index (χ4n) is 2.34. The lowest BCUT2D eigenvalue weighted by atomic mass is 10.2. The highest BCUT2D eigenvalue weighted by molar-refractivity contribution is 5.76. The van der Waals surface area contributed by atoms with Gasteiger partial charge in [0.25, 0.3) is 0 Å². The zero-order valence-electron chi connectivity index (χ0n) is 8.75. The van der Waals surface area contributed by atoms with E-state index in [0.29, 0.717) is 12.6 Å². The summed E-state index contributed by atoms with van der Waals surface area (Å²) >= 11 is 0. The molecule has 0 aromatic carbocycles. The van der Waals surface area contributed by atoms with E-state index in [1.807, 2.05) is 0 Å². The van der Waals surface area contributed by atoms with E-state index >= 15 is 0 Å². The van der Waals surface area contributed by atoms with Gasteiger partial charge in [0.15, 0.2) is 0 Å². The molecule has 14 heavy (non-hydrogen) atoms. The second kappa shape index (κ2) is 4.28. The molecule has 2 saturated heterocycles. The van der Waals surface area contributed by atoms with Crippen LogP contribution in [0.1, 0.15) is 26.2 Å². The molecule has 0 aromatic rings. The van der Waals surface area contributed by atoms with Gasteiger partial charge in [-0.1, -0.05) is 0 Å². The van der Waals surface area contributed by atoms with Gasteiger partial charge in [-0.05, 0) is 26.3 Å². The molecule has 2 rings (SSSR count). The molecule has 4 heteroatoms. The maximum absolute atomic E-state index is 11.3. The van der Waals surface area contributed by atoms with Crippen molar-refractivity contribution in [2.45, 2.75) is 38.4 Å². The molecule has 2 aliphatic rings. The number of rotatable bonds is 1. The summed E-state index contributed by atoms with van der Waals surface area (Å²) < 4.78 is 0. The van der Waals surface area contributed by atoms with Gasteiger partial charge in [-0.2, -0.15) is 0 Å². The summed E-state index contributed by atoms with van der Waals surface area (Å²) in [6.45, 7) is 5.07. The summed E-state index contributed by atoms with van der Waals surface area (Å²) in [5.74, 6) is 0.193. The first-order chi connectivity index (χ1) is 6.75. The average Bonchev–Trinajstić information content (AvgIpc) is 2.59. The monoisotopic (exact) mass is 197 g/mol. The minimum atomic E-state index is 0.193. The van der Waals surface area contributed by atoms with Crippen LogP contribution < -0.4 is 10.6 Å². The predicted molar refractivity (Wildman–Crippen MR) is 54.8 cm³/mol. The first kappa shape index (κ1) is 9.93. The van der Waals surface area contributed by atoms with Gasteiger partial charge in [0.05, 0.1) is 6.17 Å². The molecule has 0 bridgehead atoms. The van der Waals surface area contributed by atoms with Crippen molar-refractivity contribution in [3.05, 3.63) is 0 Å². The van der Waals surface area contributed by atoms with Gasteiger partial charge in [0.2, 0.25) is 5.91 Å². The first-order valence-electron chi connectivity index (χ1n) is 5.52. The number of amides is 1. The van der Waals surface area contributed by atoms with Crippen LogP contribution in [0, 0.1) is 0 Å². The molecule has 0 radical (unpaired) electrons. The molecule has 2 aliphatic heterocycles. The third kappa shape index (κ3) is 2.25. The van der Waals surface area contributed by atoms with Crippen LogP contribution in [0.4, 0.5) is 0 Å². The van der Waals surface area contributed by atoms with Crippen molar-refractivity contribution in [1.29, 1.82) is 0 Å². The Labute approximate surface area is 85.0 Å². The summed E-state index contributed by atoms with van der Waals surface area (Å²) in [5.41, 5.74) is 0. The van der Waals surface area contributed by atoms with Crippen LogP contribution in [-0.4, -0.2) is 42.6 Å². The molecule has 0 spiro atoms. The molecule has 0 aromatic heterocycles. The van der Waals surface area contributed by atoms with Crippen molar-refractivity contribution in [2.75, 3.05) is 19.6 Å². The third-order valence-electron chi connectivity index (χ3n) is 3.02. The van der Waals surface area contributed by atoms with Crippen molar-refractivity contribution in [2.24, 2.45) is 0 Å². The lowest BCUT2D eigenvalue weighted by Gasteiger charge is -2.28. The number of carbonyl (C=O) groups is 1. The van der Waals surface area contributed by atoms with Gasteiger partial charge >= 0.3 is 0 Å². The number of carbonyl (C=O) groups excluding carboxylic acids is 1. The van der Waals surface area contributed by atoms with E-state index in [1.165, 1.54) is 12.8 Å². The molecule has 0 saturated carbocycles. The van der Waals surface area contributed by atoms with Crippen LogP contribution in [0.5, 0.6) is 0 Å². The van der Waals surface area contributed by atoms with Crippen molar-refractivity contribution in [1.82, 2.24) is 15.5 Å². The summed E-state index contributed by atoms with van der Waals surface area (Å²) in [6.07, 6.45) is 3.63. The molecule has 80 valence electrons. The minimum absolute atomic E-state index is 0.193. The first-order valence-corrected chi connectivity index (χ1v) is 5.52. The highest BCUT2D eigenvalue weighted by Crippen LogP contribution is 2.13. The van der Waals surface area contributed by atoms with E-state index in [9.17, 15) is 4.79 Å². The third-order valence-corrected chi connectivity index (χ3v) is 3.02. The summed E-state index contributed by atoms with van der Waals surface area (Å²) in [7, 11) is 0. The molecule has 2 unspecified atom stereocenters. The summed E-state index contributed by atoms with van der Waals surface area (Å²) in [5, 5.41) is 6.46. The number of hydrogen-bond acceptors (Lipinski definition) is 3. The Bertz CT molecular complexity index is 213. The van der Waals surface area contributed by atoms with Gasteiger partial charge in [-0.25, -0.2) is 0 Å². The molecule has 1 amide bonds. The summed E-state index contributed by atoms with van der Waals surface area (Å²) in [6, 6.07) is 0.285. The molecular weight excluding hydrogens is 178 g/mol. The smallest absolute Gasteiger partial charge is 0.221 e. The van der Waals surface area contributed by atoms with E-state index in [0.717, 1.165) is 19.6 Å². The number of nitrogens with zero attached hydrogens (tertiary/aromatic N) is 1. The highest BCUT2D eigenvalue weighted by Gasteiger charge is 2.26. The Morgan fingerprint density at radius 1 is 1.50 bits per heavy atom. The molecule has 2 N–H and O–H groups in total. The fraction of sp³-hybridized carbons (Fsp3) is 0.900. The second-order valence-electron chi connectivity index (χ2n) is 4.33. The van der Waals surface area contributed by atoms with Crippen LogP contribution in [-0.2, 0) is 4.79 Å². The Hall–Kier alpha value is -0.610. The van der Waals surface area contributed by atoms with E-state index in [1.54, 1.807) is 0 Å². The Balaban J connectivity index is 1.94. The van der Waals surface area contributed by atoms with Gasteiger partial charge in [-0.3, -0.25) is 9.69 Å². The zero-order chi connectivity index (χ0) is 9.97. The molecule has 0 aliphatic carbocycles. The van der Waals surface area contributed by atoms with Crippen molar-refractivity contribution in [3.63, 3.8) is 0 Å².